The summed E-state index contributed by atoms with van der Waals surface area (Å²) >= 11 is 1.80. The third-order valence-electron chi connectivity index (χ3n) is 4.35. The number of benzene rings is 1. The van der Waals surface area contributed by atoms with E-state index in [1.807, 2.05) is 36.0 Å². The predicted octanol–water partition coefficient (Wildman–Crippen LogP) is 3.24. The Morgan fingerprint density at radius 1 is 1.27 bits per heavy atom. The first kappa shape index (κ1) is 15.3. The molecule has 1 aromatic heterocycles. The van der Waals surface area contributed by atoms with Crippen LogP contribution in [0.4, 0.5) is 0 Å². The molecule has 1 aromatic carbocycles. The Balaban J connectivity index is 1.87. The van der Waals surface area contributed by atoms with Gasteiger partial charge in [-0.05, 0) is 55.6 Å². The summed E-state index contributed by atoms with van der Waals surface area (Å²) in [7, 11) is 3.96. The van der Waals surface area contributed by atoms with Gasteiger partial charge in [0.2, 0.25) is 5.91 Å². The number of likely N-dealkylation sites (N-methyl/N-ethyl adjacent to an activating group) is 1. The van der Waals surface area contributed by atoms with Crippen LogP contribution in [0, 0.1) is 6.92 Å². The van der Waals surface area contributed by atoms with Crippen molar-refractivity contribution in [3.8, 4) is 0 Å². The normalized spacial score (nSPS) is 15.7. The second kappa shape index (κ2) is 6.23. The van der Waals surface area contributed by atoms with Crippen LogP contribution in [0.5, 0.6) is 0 Å². The minimum Gasteiger partial charge on any atom is -0.336 e. The van der Waals surface area contributed by atoms with E-state index < -0.39 is 0 Å². The van der Waals surface area contributed by atoms with E-state index in [9.17, 15) is 4.79 Å². The van der Waals surface area contributed by atoms with Crippen LogP contribution >= 0.6 is 11.3 Å². The summed E-state index contributed by atoms with van der Waals surface area (Å²) in [6.45, 7) is 3.64. The van der Waals surface area contributed by atoms with Gasteiger partial charge in [-0.25, -0.2) is 0 Å². The maximum absolute atomic E-state index is 13.1. The zero-order valence-electron chi connectivity index (χ0n) is 13.4. The van der Waals surface area contributed by atoms with Crippen LogP contribution < -0.4 is 0 Å². The third kappa shape index (κ3) is 2.81. The van der Waals surface area contributed by atoms with Gasteiger partial charge >= 0.3 is 0 Å². The molecule has 2 aromatic rings. The number of carbonyl (C=O) groups is 1. The molecule has 1 amide bonds. The summed E-state index contributed by atoms with van der Waals surface area (Å²) in [6.07, 6.45) is 0.979. The largest absolute Gasteiger partial charge is 0.336 e. The highest BCUT2D eigenvalue weighted by Crippen LogP contribution is 2.29. The molecule has 0 N–H and O–H groups in total. The summed E-state index contributed by atoms with van der Waals surface area (Å²) in [5.41, 5.74) is 3.59. The molecule has 116 valence electrons. The van der Waals surface area contributed by atoms with E-state index in [4.69, 9.17) is 0 Å². The van der Waals surface area contributed by atoms with Gasteiger partial charge in [0, 0.05) is 18.0 Å². The highest BCUT2D eigenvalue weighted by molar-refractivity contribution is 7.10. The van der Waals surface area contributed by atoms with Gasteiger partial charge in [-0.1, -0.05) is 24.3 Å². The summed E-state index contributed by atoms with van der Waals surface area (Å²) in [5, 5.41) is 2.13. The number of carbonyl (C=O) groups excluding carboxylic acids is 1. The molecule has 0 spiro atoms. The quantitative estimate of drug-likeness (QED) is 0.868. The van der Waals surface area contributed by atoms with Gasteiger partial charge in [0.1, 0.15) is 6.04 Å². The summed E-state index contributed by atoms with van der Waals surface area (Å²) in [4.78, 5) is 18.6. The number of amides is 1. The van der Waals surface area contributed by atoms with Crippen molar-refractivity contribution in [2.24, 2.45) is 0 Å². The number of hydrogen-bond donors (Lipinski definition) is 0. The van der Waals surface area contributed by atoms with Crippen molar-refractivity contribution in [3.63, 3.8) is 0 Å². The van der Waals surface area contributed by atoms with Crippen molar-refractivity contribution in [1.29, 1.82) is 0 Å². The average molecular weight is 314 g/mol. The summed E-state index contributed by atoms with van der Waals surface area (Å²) in [6, 6.07) is 10.1. The number of nitrogens with zero attached hydrogens (tertiary/aromatic N) is 2. The van der Waals surface area contributed by atoms with E-state index in [2.05, 4.69) is 30.5 Å². The smallest absolute Gasteiger partial charge is 0.244 e. The molecule has 0 saturated heterocycles. The predicted molar refractivity (Wildman–Crippen MR) is 91.0 cm³/mol. The van der Waals surface area contributed by atoms with Crippen LogP contribution in [0.25, 0.3) is 0 Å². The Morgan fingerprint density at radius 3 is 2.77 bits per heavy atom. The Hall–Kier alpha value is -1.65. The van der Waals surface area contributed by atoms with Crippen LogP contribution in [-0.4, -0.2) is 36.3 Å². The van der Waals surface area contributed by atoms with E-state index in [1.165, 1.54) is 16.0 Å². The second-order valence-corrected chi connectivity index (χ2v) is 7.10. The number of hydrogen-bond acceptors (Lipinski definition) is 3. The van der Waals surface area contributed by atoms with Gasteiger partial charge in [-0.15, -0.1) is 11.3 Å². The molecular formula is C18H22N2OS. The average Bonchev–Trinajstić information content (AvgIpc) is 2.96. The van der Waals surface area contributed by atoms with Crippen molar-refractivity contribution >= 4 is 17.2 Å². The first-order valence-corrected chi connectivity index (χ1v) is 8.52. The Labute approximate surface area is 136 Å². The van der Waals surface area contributed by atoms with E-state index in [0.29, 0.717) is 0 Å². The molecule has 1 atom stereocenters. The molecule has 1 aliphatic heterocycles. The standard InChI is InChI=1S/C18H22N2OS/c1-13-6-4-5-7-15(13)17(19(2)3)18(21)20-10-8-16-14(12-20)9-11-22-16/h4-7,9,11,17H,8,10,12H2,1-3H3. The SMILES string of the molecule is Cc1ccccc1C(C(=O)N1CCc2sccc2C1)N(C)C. The molecule has 0 fully saturated rings. The molecule has 0 radical (unpaired) electrons. The van der Waals surface area contributed by atoms with Crippen LogP contribution in [0.3, 0.4) is 0 Å². The fourth-order valence-corrected chi connectivity index (χ4v) is 4.02. The number of thiophene rings is 1. The first-order chi connectivity index (χ1) is 10.6. The molecule has 1 aliphatic rings. The minimum absolute atomic E-state index is 0.205. The van der Waals surface area contributed by atoms with Crippen molar-refractivity contribution in [2.75, 3.05) is 20.6 Å². The second-order valence-electron chi connectivity index (χ2n) is 6.10. The maximum atomic E-state index is 13.1. The van der Waals surface area contributed by atoms with Gasteiger partial charge in [0.25, 0.3) is 0 Å². The van der Waals surface area contributed by atoms with Crippen molar-refractivity contribution in [1.82, 2.24) is 9.80 Å². The molecule has 4 heteroatoms. The lowest BCUT2D eigenvalue weighted by molar-refractivity contribution is -0.137. The Kier molecular flexibility index (Phi) is 4.32. The number of aryl methyl sites for hydroxylation is 1. The van der Waals surface area contributed by atoms with Crippen LogP contribution in [0.1, 0.15) is 27.6 Å². The summed E-state index contributed by atoms with van der Waals surface area (Å²) in [5.74, 6) is 0.205. The van der Waals surface area contributed by atoms with E-state index in [1.54, 1.807) is 11.3 Å². The molecule has 3 rings (SSSR count). The number of rotatable bonds is 3. The molecular weight excluding hydrogens is 292 g/mol. The molecule has 0 saturated carbocycles. The van der Waals surface area contributed by atoms with Crippen LogP contribution in [-0.2, 0) is 17.8 Å². The van der Waals surface area contributed by atoms with E-state index >= 15 is 0 Å². The first-order valence-electron chi connectivity index (χ1n) is 7.64. The maximum Gasteiger partial charge on any atom is 0.244 e. The topological polar surface area (TPSA) is 23.6 Å². The zero-order valence-corrected chi connectivity index (χ0v) is 14.2. The van der Waals surface area contributed by atoms with Crippen LogP contribution in [0.2, 0.25) is 0 Å². The molecule has 3 nitrogen and oxygen atoms in total. The van der Waals surface area contributed by atoms with Gasteiger partial charge in [0.05, 0.1) is 0 Å². The fraction of sp³-hybridized carbons (Fsp3) is 0.389. The van der Waals surface area contributed by atoms with E-state index in [-0.39, 0.29) is 11.9 Å². The molecule has 0 bridgehead atoms. The summed E-state index contributed by atoms with van der Waals surface area (Å²) < 4.78 is 0. The van der Waals surface area contributed by atoms with Crippen LogP contribution in [0.15, 0.2) is 35.7 Å². The molecule has 2 heterocycles. The lowest BCUT2D eigenvalue weighted by Gasteiger charge is -2.33. The Bertz CT molecular complexity index is 677. The van der Waals surface area contributed by atoms with E-state index in [0.717, 1.165) is 25.1 Å². The lowest BCUT2D eigenvalue weighted by atomic mass is 9.98. The lowest BCUT2D eigenvalue weighted by Crippen LogP contribution is -2.42. The highest BCUT2D eigenvalue weighted by Gasteiger charge is 2.30. The van der Waals surface area contributed by atoms with Crippen molar-refractivity contribution < 1.29 is 4.79 Å². The Morgan fingerprint density at radius 2 is 2.05 bits per heavy atom. The molecule has 22 heavy (non-hydrogen) atoms. The van der Waals surface area contributed by atoms with Gasteiger partial charge in [0.15, 0.2) is 0 Å². The number of fused-ring (bicyclic) bond motifs is 1. The van der Waals surface area contributed by atoms with Gasteiger partial charge in [-0.2, -0.15) is 0 Å². The highest BCUT2D eigenvalue weighted by atomic mass is 32.1. The minimum atomic E-state index is -0.207. The van der Waals surface area contributed by atoms with Crippen molar-refractivity contribution in [2.45, 2.75) is 25.9 Å². The monoisotopic (exact) mass is 314 g/mol. The van der Waals surface area contributed by atoms with Gasteiger partial charge < -0.3 is 4.90 Å². The third-order valence-corrected chi connectivity index (χ3v) is 5.38. The molecule has 0 aliphatic carbocycles. The van der Waals surface area contributed by atoms with Gasteiger partial charge in [-0.3, -0.25) is 9.69 Å². The fourth-order valence-electron chi connectivity index (χ4n) is 3.14. The molecule has 1 unspecified atom stereocenters. The zero-order chi connectivity index (χ0) is 15.7. The van der Waals surface area contributed by atoms with Crippen molar-refractivity contribution in [3.05, 3.63) is 57.3 Å².